The first-order valence-corrected chi connectivity index (χ1v) is 6.48. The second kappa shape index (κ2) is 6.07. The highest BCUT2D eigenvalue weighted by Gasteiger charge is 2.18. The van der Waals surface area contributed by atoms with Crippen LogP contribution in [0.25, 0.3) is 0 Å². The summed E-state index contributed by atoms with van der Waals surface area (Å²) in [6, 6.07) is 6.59. The average molecular weight is 250 g/mol. The zero-order chi connectivity index (χ0) is 13.0. The summed E-state index contributed by atoms with van der Waals surface area (Å²) in [6.45, 7) is 2.00. The van der Waals surface area contributed by atoms with Gasteiger partial charge in [-0.1, -0.05) is 6.07 Å². The zero-order valence-electron chi connectivity index (χ0n) is 11.2. The van der Waals surface area contributed by atoms with Gasteiger partial charge in [0, 0.05) is 6.04 Å². The molecule has 0 radical (unpaired) electrons. The van der Waals surface area contributed by atoms with Gasteiger partial charge >= 0.3 is 0 Å². The topological polar surface area (TPSA) is 47.7 Å². The number of nitrogens with two attached hydrogens (primary N) is 1. The van der Waals surface area contributed by atoms with Crippen LogP contribution < -0.4 is 15.2 Å². The summed E-state index contributed by atoms with van der Waals surface area (Å²) < 4.78 is 11.2. The van der Waals surface area contributed by atoms with E-state index >= 15 is 0 Å². The molecule has 1 aromatic rings. The van der Waals surface area contributed by atoms with Gasteiger partial charge in [-0.05, 0) is 51.2 Å². The van der Waals surface area contributed by atoms with E-state index in [2.05, 4.69) is 31.1 Å². The van der Waals surface area contributed by atoms with Gasteiger partial charge in [0.05, 0.1) is 0 Å². The molecule has 0 bridgehead atoms. The van der Waals surface area contributed by atoms with Crippen molar-refractivity contribution in [1.29, 1.82) is 0 Å². The quantitative estimate of drug-likeness (QED) is 0.865. The van der Waals surface area contributed by atoms with Crippen LogP contribution in [0.4, 0.5) is 0 Å². The summed E-state index contributed by atoms with van der Waals surface area (Å²) in [5.41, 5.74) is 6.86. The standard InChI is InChI=1S/C14H22N2O2/c1-16(2)12(4-3-7-15)11-5-6-13-14(10-11)18-9-8-17-13/h5-6,10,12H,3-4,7-9,15H2,1-2H3. The monoisotopic (exact) mass is 250 g/mol. The van der Waals surface area contributed by atoms with E-state index in [-0.39, 0.29) is 0 Å². The molecule has 0 saturated heterocycles. The molecule has 0 aromatic heterocycles. The van der Waals surface area contributed by atoms with Crippen molar-refractivity contribution < 1.29 is 9.47 Å². The van der Waals surface area contributed by atoms with Crippen molar-refractivity contribution in [2.75, 3.05) is 33.9 Å². The van der Waals surface area contributed by atoms with Crippen LogP contribution in [0.15, 0.2) is 18.2 Å². The maximum absolute atomic E-state index is 5.63. The van der Waals surface area contributed by atoms with Crippen molar-refractivity contribution in [3.63, 3.8) is 0 Å². The first kappa shape index (κ1) is 13.2. The number of benzene rings is 1. The van der Waals surface area contributed by atoms with Gasteiger partial charge in [-0.3, -0.25) is 0 Å². The van der Waals surface area contributed by atoms with E-state index in [1.165, 1.54) is 5.56 Å². The second-order valence-electron chi connectivity index (χ2n) is 4.81. The molecule has 0 fully saturated rings. The Morgan fingerprint density at radius 2 is 1.94 bits per heavy atom. The third-order valence-electron chi connectivity index (χ3n) is 3.26. The lowest BCUT2D eigenvalue weighted by molar-refractivity contribution is 0.170. The number of ether oxygens (including phenoxy) is 2. The maximum Gasteiger partial charge on any atom is 0.161 e. The maximum atomic E-state index is 5.63. The Balaban J connectivity index is 2.19. The first-order chi connectivity index (χ1) is 8.72. The van der Waals surface area contributed by atoms with E-state index in [0.29, 0.717) is 19.3 Å². The minimum absolute atomic E-state index is 0.379. The number of fused-ring (bicyclic) bond motifs is 1. The molecule has 1 unspecified atom stereocenters. The lowest BCUT2D eigenvalue weighted by atomic mass is 10.0. The van der Waals surface area contributed by atoms with Gasteiger partial charge in [0.25, 0.3) is 0 Å². The van der Waals surface area contributed by atoms with Gasteiger partial charge in [-0.15, -0.1) is 0 Å². The van der Waals surface area contributed by atoms with Gasteiger partial charge in [0.15, 0.2) is 11.5 Å². The van der Waals surface area contributed by atoms with Crippen molar-refractivity contribution in [2.45, 2.75) is 18.9 Å². The highest BCUT2D eigenvalue weighted by atomic mass is 16.6. The van der Waals surface area contributed by atoms with E-state index in [1.807, 2.05) is 6.07 Å². The summed E-state index contributed by atoms with van der Waals surface area (Å²) in [4.78, 5) is 2.22. The molecule has 100 valence electrons. The van der Waals surface area contributed by atoms with E-state index in [4.69, 9.17) is 15.2 Å². The number of nitrogens with zero attached hydrogens (tertiary/aromatic N) is 1. The van der Waals surface area contributed by atoms with Gasteiger partial charge in [0.1, 0.15) is 13.2 Å². The largest absolute Gasteiger partial charge is 0.486 e. The third kappa shape index (κ3) is 2.94. The fraction of sp³-hybridized carbons (Fsp3) is 0.571. The van der Waals surface area contributed by atoms with Crippen LogP contribution in [-0.2, 0) is 0 Å². The van der Waals surface area contributed by atoms with Crippen LogP contribution in [0.2, 0.25) is 0 Å². The van der Waals surface area contributed by atoms with Crippen molar-refractivity contribution in [1.82, 2.24) is 4.90 Å². The van der Waals surface area contributed by atoms with E-state index < -0.39 is 0 Å². The van der Waals surface area contributed by atoms with E-state index in [9.17, 15) is 0 Å². The van der Waals surface area contributed by atoms with Crippen LogP contribution >= 0.6 is 0 Å². The molecule has 1 aliphatic rings. The normalized spacial score (nSPS) is 15.8. The Labute approximate surface area is 109 Å². The van der Waals surface area contributed by atoms with E-state index in [1.54, 1.807) is 0 Å². The lowest BCUT2D eigenvalue weighted by Crippen LogP contribution is -2.21. The Morgan fingerprint density at radius 3 is 2.61 bits per heavy atom. The Bertz CT molecular complexity index is 393. The summed E-state index contributed by atoms with van der Waals surface area (Å²) in [7, 11) is 4.19. The number of hydrogen-bond acceptors (Lipinski definition) is 4. The van der Waals surface area contributed by atoms with Crippen molar-refractivity contribution in [3.8, 4) is 11.5 Å². The van der Waals surface area contributed by atoms with Crippen LogP contribution in [0.1, 0.15) is 24.4 Å². The fourth-order valence-corrected chi connectivity index (χ4v) is 2.30. The molecule has 1 aliphatic heterocycles. The van der Waals surface area contributed by atoms with Gasteiger partial charge in [0.2, 0.25) is 0 Å². The molecule has 1 heterocycles. The van der Waals surface area contributed by atoms with Crippen LogP contribution in [0.3, 0.4) is 0 Å². The molecule has 4 nitrogen and oxygen atoms in total. The minimum Gasteiger partial charge on any atom is -0.486 e. The summed E-state index contributed by atoms with van der Waals surface area (Å²) in [6.07, 6.45) is 2.08. The van der Waals surface area contributed by atoms with Crippen molar-refractivity contribution in [2.24, 2.45) is 5.73 Å². The van der Waals surface area contributed by atoms with Crippen molar-refractivity contribution in [3.05, 3.63) is 23.8 Å². The van der Waals surface area contributed by atoms with Crippen LogP contribution in [-0.4, -0.2) is 38.8 Å². The molecule has 1 atom stereocenters. The Hall–Kier alpha value is -1.26. The van der Waals surface area contributed by atoms with Crippen molar-refractivity contribution >= 4 is 0 Å². The molecule has 18 heavy (non-hydrogen) atoms. The lowest BCUT2D eigenvalue weighted by Gasteiger charge is -2.26. The van der Waals surface area contributed by atoms with Gasteiger partial charge in [-0.25, -0.2) is 0 Å². The molecule has 2 N–H and O–H groups in total. The van der Waals surface area contributed by atoms with Crippen LogP contribution in [0.5, 0.6) is 11.5 Å². The smallest absolute Gasteiger partial charge is 0.161 e. The molecule has 0 amide bonds. The molecule has 2 rings (SSSR count). The zero-order valence-corrected chi connectivity index (χ0v) is 11.2. The fourth-order valence-electron chi connectivity index (χ4n) is 2.30. The highest BCUT2D eigenvalue weighted by molar-refractivity contribution is 5.44. The predicted molar refractivity (Wildman–Crippen MR) is 72.1 cm³/mol. The SMILES string of the molecule is CN(C)C(CCCN)c1ccc2c(c1)OCCO2. The van der Waals surface area contributed by atoms with Gasteiger partial charge in [-0.2, -0.15) is 0 Å². The molecule has 4 heteroatoms. The van der Waals surface area contributed by atoms with Gasteiger partial charge < -0.3 is 20.1 Å². The molecule has 0 spiro atoms. The highest BCUT2D eigenvalue weighted by Crippen LogP contribution is 2.34. The van der Waals surface area contributed by atoms with Crippen LogP contribution in [0, 0.1) is 0 Å². The average Bonchev–Trinajstić information content (AvgIpc) is 2.38. The first-order valence-electron chi connectivity index (χ1n) is 6.48. The predicted octanol–water partition coefficient (Wildman–Crippen LogP) is 1.80. The Morgan fingerprint density at radius 1 is 1.22 bits per heavy atom. The molecular weight excluding hydrogens is 228 g/mol. The summed E-state index contributed by atoms with van der Waals surface area (Å²) in [5.74, 6) is 1.71. The Kier molecular flexibility index (Phi) is 4.44. The van der Waals surface area contributed by atoms with E-state index in [0.717, 1.165) is 30.9 Å². The summed E-state index contributed by atoms with van der Waals surface area (Å²) in [5, 5.41) is 0. The summed E-state index contributed by atoms with van der Waals surface area (Å²) >= 11 is 0. The minimum atomic E-state index is 0.379. The molecule has 0 aliphatic carbocycles. The third-order valence-corrected chi connectivity index (χ3v) is 3.26. The molecular formula is C14H22N2O2. The number of hydrogen-bond donors (Lipinski definition) is 1. The second-order valence-corrected chi connectivity index (χ2v) is 4.81. The molecule has 0 saturated carbocycles. The number of rotatable bonds is 5. The molecule has 1 aromatic carbocycles.